The molecule has 29 heavy (non-hydrogen) atoms. The minimum atomic E-state index is -0.307. The van der Waals surface area contributed by atoms with Gasteiger partial charge in [-0.25, -0.2) is 4.79 Å². The highest BCUT2D eigenvalue weighted by molar-refractivity contribution is 7.99. The van der Waals surface area contributed by atoms with Gasteiger partial charge in [-0.1, -0.05) is 17.7 Å². The Morgan fingerprint density at radius 1 is 1.24 bits per heavy atom. The number of pyridine rings is 1. The van der Waals surface area contributed by atoms with Crippen LogP contribution in [0.1, 0.15) is 32.6 Å². The Labute approximate surface area is 174 Å². The van der Waals surface area contributed by atoms with Gasteiger partial charge in [-0.3, -0.25) is 19.7 Å². The second-order valence-corrected chi connectivity index (χ2v) is 8.71. The summed E-state index contributed by atoms with van der Waals surface area (Å²) in [7, 11) is 3.44. The SMILES string of the molecule is Cc1ccc2c(c1)c(C(=O)C1CSC(c3cccnc3)N1)c(C)n2C(=O)N(C)C. The summed E-state index contributed by atoms with van der Waals surface area (Å²) in [5.41, 5.74) is 4.20. The van der Waals surface area contributed by atoms with Gasteiger partial charge in [0.25, 0.3) is 0 Å². The number of nitrogens with zero attached hydrogens (tertiary/aromatic N) is 3. The Morgan fingerprint density at radius 2 is 2.03 bits per heavy atom. The zero-order valence-corrected chi connectivity index (χ0v) is 17.8. The summed E-state index contributed by atoms with van der Waals surface area (Å²) in [4.78, 5) is 32.1. The first-order valence-corrected chi connectivity index (χ1v) is 10.6. The lowest BCUT2D eigenvalue weighted by Gasteiger charge is -2.15. The largest absolute Gasteiger partial charge is 0.330 e. The fourth-order valence-electron chi connectivity index (χ4n) is 3.81. The van der Waals surface area contributed by atoms with Crippen molar-refractivity contribution in [3.63, 3.8) is 0 Å². The molecule has 1 aliphatic heterocycles. The van der Waals surface area contributed by atoms with Gasteiger partial charge in [0, 0.05) is 48.9 Å². The number of aryl methyl sites for hydroxylation is 1. The van der Waals surface area contributed by atoms with E-state index in [2.05, 4.69) is 10.3 Å². The number of carbonyl (C=O) groups excluding carboxylic acids is 2. The third kappa shape index (κ3) is 3.45. The topological polar surface area (TPSA) is 67.2 Å². The highest BCUT2D eigenvalue weighted by atomic mass is 32.2. The number of thioether (sulfide) groups is 1. The Bertz CT molecular complexity index is 1090. The van der Waals surface area contributed by atoms with Crippen molar-refractivity contribution < 1.29 is 9.59 Å². The summed E-state index contributed by atoms with van der Waals surface area (Å²) < 4.78 is 1.64. The van der Waals surface area contributed by atoms with Gasteiger partial charge < -0.3 is 4.90 Å². The summed E-state index contributed by atoms with van der Waals surface area (Å²) in [6, 6.07) is 9.34. The van der Waals surface area contributed by atoms with E-state index in [1.165, 1.54) is 4.90 Å². The second-order valence-electron chi connectivity index (χ2n) is 7.58. The van der Waals surface area contributed by atoms with Crippen LogP contribution in [0, 0.1) is 13.8 Å². The van der Waals surface area contributed by atoms with Crippen LogP contribution in [-0.4, -0.2) is 52.2 Å². The molecule has 0 spiro atoms. The van der Waals surface area contributed by atoms with Crippen LogP contribution in [0.25, 0.3) is 10.9 Å². The fourth-order valence-corrected chi connectivity index (χ4v) is 5.04. The average molecular weight is 409 g/mol. The van der Waals surface area contributed by atoms with E-state index in [0.29, 0.717) is 17.0 Å². The van der Waals surface area contributed by atoms with Gasteiger partial charge in [0.2, 0.25) is 0 Å². The van der Waals surface area contributed by atoms with Crippen LogP contribution in [0.15, 0.2) is 42.7 Å². The number of fused-ring (bicyclic) bond motifs is 1. The van der Waals surface area contributed by atoms with Gasteiger partial charge in [-0.15, -0.1) is 11.8 Å². The van der Waals surface area contributed by atoms with Gasteiger partial charge >= 0.3 is 6.03 Å². The maximum absolute atomic E-state index is 13.5. The van der Waals surface area contributed by atoms with E-state index in [1.54, 1.807) is 36.6 Å². The quantitative estimate of drug-likeness (QED) is 0.668. The van der Waals surface area contributed by atoms with Crippen molar-refractivity contribution in [2.45, 2.75) is 25.3 Å². The third-order valence-corrected chi connectivity index (χ3v) is 6.53. The van der Waals surface area contributed by atoms with Crippen molar-refractivity contribution in [2.24, 2.45) is 0 Å². The molecule has 1 aliphatic rings. The minimum absolute atomic E-state index is 0.0299. The highest BCUT2D eigenvalue weighted by Crippen LogP contribution is 2.35. The summed E-state index contributed by atoms with van der Waals surface area (Å²) in [6.45, 7) is 3.85. The van der Waals surface area contributed by atoms with E-state index >= 15 is 0 Å². The zero-order chi connectivity index (χ0) is 20.7. The summed E-state index contributed by atoms with van der Waals surface area (Å²) in [5, 5.41) is 4.31. The molecule has 150 valence electrons. The van der Waals surface area contributed by atoms with Gasteiger partial charge in [0.1, 0.15) is 0 Å². The predicted octanol–water partition coefficient (Wildman–Crippen LogP) is 3.77. The number of benzene rings is 1. The van der Waals surface area contributed by atoms with Crippen LogP contribution in [0.4, 0.5) is 4.79 Å². The number of carbonyl (C=O) groups is 2. The van der Waals surface area contributed by atoms with E-state index in [9.17, 15) is 9.59 Å². The Balaban J connectivity index is 1.74. The summed E-state index contributed by atoms with van der Waals surface area (Å²) in [5.74, 6) is 0.708. The number of hydrogen-bond acceptors (Lipinski definition) is 5. The first kappa shape index (κ1) is 19.7. The third-order valence-electron chi connectivity index (χ3n) is 5.27. The molecule has 1 N–H and O–H groups in total. The van der Waals surface area contributed by atoms with Crippen molar-refractivity contribution in [1.82, 2.24) is 19.8 Å². The maximum atomic E-state index is 13.5. The lowest BCUT2D eigenvalue weighted by molar-refractivity contribution is 0.0956. The smallest absolute Gasteiger partial charge is 0.328 e. The van der Waals surface area contributed by atoms with Crippen molar-refractivity contribution in [2.75, 3.05) is 19.8 Å². The zero-order valence-electron chi connectivity index (χ0n) is 17.0. The molecule has 2 unspecified atom stereocenters. The van der Waals surface area contributed by atoms with Crippen LogP contribution in [-0.2, 0) is 0 Å². The normalized spacial score (nSPS) is 18.9. The average Bonchev–Trinajstić information content (AvgIpc) is 3.30. The highest BCUT2D eigenvalue weighted by Gasteiger charge is 2.34. The first-order valence-electron chi connectivity index (χ1n) is 9.53. The van der Waals surface area contributed by atoms with E-state index in [1.807, 2.05) is 50.4 Å². The monoisotopic (exact) mass is 408 g/mol. The van der Waals surface area contributed by atoms with Gasteiger partial charge in [0.15, 0.2) is 5.78 Å². The molecule has 4 rings (SSSR count). The van der Waals surface area contributed by atoms with Crippen molar-refractivity contribution in [1.29, 1.82) is 0 Å². The van der Waals surface area contributed by atoms with Gasteiger partial charge in [-0.2, -0.15) is 0 Å². The van der Waals surface area contributed by atoms with Crippen molar-refractivity contribution in [3.05, 3.63) is 65.1 Å². The molecule has 0 aliphatic carbocycles. The number of hydrogen-bond donors (Lipinski definition) is 1. The molecule has 1 amide bonds. The van der Waals surface area contributed by atoms with E-state index in [0.717, 1.165) is 22.0 Å². The molecule has 7 heteroatoms. The Hall–Kier alpha value is -2.64. The molecule has 6 nitrogen and oxygen atoms in total. The Kier molecular flexibility index (Phi) is 5.19. The van der Waals surface area contributed by atoms with Gasteiger partial charge in [-0.05, 0) is 37.6 Å². The van der Waals surface area contributed by atoms with E-state index < -0.39 is 0 Å². The molecule has 1 saturated heterocycles. The van der Waals surface area contributed by atoms with Crippen LogP contribution in [0.5, 0.6) is 0 Å². The van der Waals surface area contributed by atoms with Crippen molar-refractivity contribution >= 4 is 34.5 Å². The molecule has 0 saturated carbocycles. The number of Topliss-reactive ketones (excluding diaryl/α,β-unsaturated/α-hetero) is 1. The molecule has 2 aromatic heterocycles. The lowest BCUT2D eigenvalue weighted by atomic mass is 10.0. The number of nitrogens with one attached hydrogen (secondary N) is 1. The van der Waals surface area contributed by atoms with E-state index in [4.69, 9.17) is 0 Å². The minimum Gasteiger partial charge on any atom is -0.330 e. The molecule has 3 heterocycles. The molecule has 0 bridgehead atoms. The molecule has 1 fully saturated rings. The number of rotatable bonds is 3. The Morgan fingerprint density at radius 3 is 2.72 bits per heavy atom. The maximum Gasteiger partial charge on any atom is 0.328 e. The van der Waals surface area contributed by atoms with Gasteiger partial charge in [0.05, 0.1) is 16.9 Å². The molecular formula is C22H24N4O2S. The van der Waals surface area contributed by atoms with Crippen LogP contribution < -0.4 is 5.32 Å². The molecule has 1 aromatic carbocycles. The predicted molar refractivity (Wildman–Crippen MR) is 117 cm³/mol. The standard InChI is InChI=1S/C22H24N4O2S/c1-13-7-8-18-16(10-13)19(14(2)26(18)22(28)25(3)4)20(27)17-12-29-21(24-17)15-6-5-9-23-11-15/h5-11,17,21,24H,12H2,1-4H3. The second kappa shape index (κ2) is 7.65. The van der Waals surface area contributed by atoms with Crippen molar-refractivity contribution in [3.8, 4) is 0 Å². The molecule has 0 radical (unpaired) electrons. The first-order chi connectivity index (χ1) is 13.9. The number of ketones is 1. The molecule has 3 aromatic rings. The summed E-state index contributed by atoms with van der Waals surface area (Å²) in [6.07, 6.45) is 3.57. The summed E-state index contributed by atoms with van der Waals surface area (Å²) >= 11 is 1.71. The molecule has 2 atom stereocenters. The van der Waals surface area contributed by atoms with Crippen LogP contribution in [0.2, 0.25) is 0 Å². The lowest BCUT2D eigenvalue weighted by Crippen LogP contribution is -2.35. The van der Waals surface area contributed by atoms with E-state index in [-0.39, 0.29) is 23.2 Å². The number of amides is 1. The molecular weight excluding hydrogens is 384 g/mol. The van der Waals surface area contributed by atoms with Crippen LogP contribution >= 0.6 is 11.8 Å². The fraction of sp³-hybridized carbons (Fsp3) is 0.318. The van der Waals surface area contributed by atoms with Crippen LogP contribution in [0.3, 0.4) is 0 Å². The number of aromatic nitrogens is 2.